The first kappa shape index (κ1) is 12.5. The lowest BCUT2D eigenvalue weighted by atomic mass is 10.1. The smallest absolute Gasteiger partial charge is 0.147 e. The molecule has 1 atom stereocenters. The second-order valence-corrected chi connectivity index (χ2v) is 4.98. The first-order valence-corrected chi connectivity index (χ1v) is 6.59. The summed E-state index contributed by atoms with van der Waals surface area (Å²) in [5.41, 5.74) is 0. The van der Waals surface area contributed by atoms with Crippen LogP contribution in [0.1, 0.15) is 26.1 Å². The van der Waals surface area contributed by atoms with E-state index in [1.165, 1.54) is 6.42 Å². The number of nitrogens with one attached hydrogen (secondary N) is 1. The fourth-order valence-corrected chi connectivity index (χ4v) is 2.30. The molecule has 0 amide bonds. The van der Waals surface area contributed by atoms with Crippen molar-refractivity contribution in [1.29, 1.82) is 0 Å². The Hall–Kier alpha value is -0.940. The van der Waals surface area contributed by atoms with Gasteiger partial charge < -0.3 is 9.88 Å². The van der Waals surface area contributed by atoms with E-state index >= 15 is 0 Å². The zero-order valence-corrected chi connectivity index (χ0v) is 10.9. The number of aromatic nitrogens is 3. The highest BCUT2D eigenvalue weighted by molar-refractivity contribution is 4.90. The third-order valence-electron chi connectivity index (χ3n) is 3.21. The van der Waals surface area contributed by atoms with Crippen LogP contribution in [0.5, 0.6) is 0 Å². The second-order valence-electron chi connectivity index (χ2n) is 4.98. The van der Waals surface area contributed by atoms with Gasteiger partial charge in [-0.25, -0.2) is 0 Å². The molecule has 1 N–H and O–H groups in total. The maximum Gasteiger partial charge on any atom is 0.147 e. The molecule has 17 heavy (non-hydrogen) atoms. The lowest BCUT2D eigenvalue weighted by Gasteiger charge is -2.29. The van der Waals surface area contributed by atoms with Gasteiger partial charge in [0.05, 0.1) is 6.54 Å². The molecule has 0 radical (unpaired) electrons. The summed E-state index contributed by atoms with van der Waals surface area (Å²) in [5, 5.41) is 11.6. The molecule has 5 nitrogen and oxygen atoms in total. The van der Waals surface area contributed by atoms with E-state index in [9.17, 15) is 0 Å². The standard InChI is InChI=1S/C12H23N5/c1-3-4-13-7-11(2)8-16-5-6-17-10-14-15-12(17)9-16/h10-11,13H,3-9H2,1-2H3. The lowest BCUT2D eigenvalue weighted by Crippen LogP contribution is -2.38. The number of hydrogen-bond acceptors (Lipinski definition) is 4. The predicted molar refractivity (Wildman–Crippen MR) is 67.6 cm³/mol. The molecule has 0 saturated carbocycles. The summed E-state index contributed by atoms with van der Waals surface area (Å²) in [5.74, 6) is 1.79. The maximum atomic E-state index is 4.15. The second kappa shape index (κ2) is 6.12. The Morgan fingerprint density at radius 1 is 1.47 bits per heavy atom. The highest BCUT2D eigenvalue weighted by Crippen LogP contribution is 2.10. The topological polar surface area (TPSA) is 46.0 Å². The van der Waals surface area contributed by atoms with Gasteiger partial charge in [0.15, 0.2) is 0 Å². The van der Waals surface area contributed by atoms with E-state index in [0.717, 1.165) is 45.1 Å². The van der Waals surface area contributed by atoms with Gasteiger partial charge >= 0.3 is 0 Å². The highest BCUT2D eigenvalue weighted by atomic mass is 15.3. The largest absolute Gasteiger partial charge is 0.316 e. The summed E-state index contributed by atoms with van der Waals surface area (Å²) < 4.78 is 2.15. The zero-order chi connectivity index (χ0) is 12.1. The van der Waals surface area contributed by atoms with Gasteiger partial charge in [-0.15, -0.1) is 10.2 Å². The minimum absolute atomic E-state index is 0.691. The fourth-order valence-electron chi connectivity index (χ4n) is 2.30. The van der Waals surface area contributed by atoms with E-state index in [1.807, 2.05) is 6.33 Å². The fraction of sp³-hybridized carbons (Fsp3) is 0.833. The molecule has 1 unspecified atom stereocenters. The van der Waals surface area contributed by atoms with Crippen LogP contribution in [-0.4, -0.2) is 45.8 Å². The molecule has 96 valence electrons. The Kier molecular flexibility index (Phi) is 4.50. The first-order valence-electron chi connectivity index (χ1n) is 6.59. The van der Waals surface area contributed by atoms with E-state index < -0.39 is 0 Å². The average molecular weight is 237 g/mol. The van der Waals surface area contributed by atoms with Gasteiger partial charge in [-0.05, 0) is 25.4 Å². The van der Waals surface area contributed by atoms with Crippen molar-refractivity contribution < 1.29 is 0 Å². The molecule has 0 saturated heterocycles. The lowest BCUT2D eigenvalue weighted by molar-refractivity contribution is 0.188. The van der Waals surface area contributed by atoms with Crippen LogP contribution >= 0.6 is 0 Å². The minimum atomic E-state index is 0.691. The Balaban J connectivity index is 1.74. The summed E-state index contributed by atoms with van der Waals surface area (Å²) in [6.45, 7) is 11.0. The summed E-state index contributed by atoms with van der Waals surface area (Å²) in [7, 11) is 0. The van der Waals surface area contributed by atoms with Crippen LogP contribution in [0, 0.1) is 5.92 Å². The summed E-state index contributed by atoms with van der Waals surface area (Å²) in [6.07, 6.45) is 3.04. The Bertz CT molecular complexity index is 335. The third kappa shape index (κ3) is 3.51. The van der Waals surface area contributed by atoms with E-state index in [0.29, 0.717) is 5.92 Å². The van der Waals surface area contributed by atoms with E-state index in [4.69, 9.17) is 0 Å². The number of nitrogens with zero attached hydrogens (tertiary/aromatic N) is 4. The number of rotatable bonds is 6. The highest BCUT2D eigenvalue weighted by Gasteiger charge is 2.18. The van der Waals surface area contributed by atoms with Gasteiger partial charge in [0.2, 0.25) is 0 Å². The van der Waals surface area contributed by atoms with Crippen LogP contribution in [-0.2, 0) is 13.1 Å². The van der Waals surface area contributed by atoms with Crippen molar-refractivity contribution in [2.45, 2.75) is 33.4 Å². The average Bonchev–Trinajstić information content (AvgIpc) is 2.76. The molecule has 0 bridgehead atoms. The molecular weight excluding hydrogens is 214 g/mol. The van der Waals surface area contributed by atoms with Crippen molar-refractivity contribution in [2.75, 3.05) is 26.2 Å². The molecule has 1 aliphatic heterocycles. The van der Waals surface area contributed by atoms with E-state index in [2.05, 4.69) is 38.8 Å². The molecule has 0 aromatic carbocycles. The van der Waals surface area contributed by atoms with Crippen LogP contribution in [0.25, 0.3) is 0 Å². The Labute approximate surface area is 103 Å². The van der Waals surface area contributed by atoms with Crippen LogP contribution in [0.15, 0.2) is 6.33 Å². The van der Waals surface area contributed by atoms with Crippen LogP contribution in [0.3, 0.4) is 0 Å². The third-order valence-corrected chi connectivity index (χ3v) is 3.21. The predicted octanol–water partition coefficient (Wildman–Crippen LogP) is 0.729. The summed E-state index contributed by atoms with van der Waals surface area (Å²) >= 11 is 0. The van der Waals surface area contributed by atoms with E-state index in [-0.39, 0.29) is 0 Å². The van der Waals surface area contributed by atoms with Gasteiger partial charge in [0.1, 0.15) is 12.2 Å². The molecule has 1 aliphatic rings. The van der Waals surface area contributed by atoms with Crippen molar-refractivity contribution in [3.63, 3.8) is 0 Å². The van der Waals surface area contributed by atoms with Gasteiger partial charge in [0, 0.05) is 19.6 Å². The first-order chi connectivity index (χ1) is 8.29. The maximum absolute atomic E-state index is 4.15. The molecular formula is C12H23N5. The van der Waals surface area contributed by atoms with Crippen molar-refractivity contribution in [3.05, 3.63) is 12.2 Å². The van der Waals surface area contributed by atoms with E-state index in [1.54, 1.807) is 0 Å². The van der Waals surface area contributed by atoms with Crippen LogP contribution < -0.4 is 5.32 Å². The van der Waals surface area contributed by atoms with Crippen molar-refractivity contribution in [1.82, 2.24) is 25.0 Å². The molecule has 0 aliphatic carbocycles. The molecule has 0 fully saturated rings. The minimum Gasteiger partial charge on any atom is -0.316 e. The summed E-state index contributed by atoms with van der Waals surface area (Å²) in [6, 6.07) is 0. The van der Waals surface area contributed by atoms with Crippen molar-refractivity contribution >= 4 is 0 Å². The van der Waals surface area contributed by atoms with Crippen molar-refractivity contribution in [2.24, 2.45) is 5.92 Å². The molecule has 1 aromatic heterocycles. The summed E-state index contributed by atoms with van der Waals surface area (Å²) in [4.78, 5) is 2.47. The number of hydrogen-bond donors (Lipinski definition) is 1. The van der Waals surface area contributed by atoms with Gasteiger partial charge in [-0.2, -0.15) is 0 Å². The SMILES string of the molecule is CCCNCC(C)CN1CCn2cnnc2C1. The Morgan fingerprint density at radius 2 is 2.35 bits per heavy atom. The quantitative estimate of drug-likeness (QED) is 0.741. The number of fused-ring (bicyclic) bond motifs is 1. The molecule has 5 heteroatoms. The van der Waals surface area contributed by atoms with Gasteiger partial charge in [-0.3, -0.25) is 4.90 Å². The van der Waals surface area contributed by atoms with Crippen molar-refractivity contribution in [3.8, 4) is 0 Å². The normalized spacial score (nSPS) is 18.0. The molecule has 1 aromatic rings. The monoisotopic (exact) mass is 237 g/mol. The van der Waals surface area contributed by atoms with Crippen LogP contribution in [0.2, 0.25) is 0 Å². The molecule has 0 spiro atoms. The molecule has 2 rings (SSSR count). The van der Waals surface area contributed by atoms with Crippen LogP contribution in [0.4, 0.5) is 0 Å². The Morgan fingerprint density at radius 3 is 3.18 bits per heavy atom. The molecule has 2 heterocycles. The zero-order valence-electron chi connectivity index (χ0n) is 10.9. The van der Waals surface area contributed by atoms with Gasteiger partial charge in [-0.1, -0.05) is 13.8 Å². The van der Waals surface area contributed by atoms with Gasteiger partial charge in [0.25, 0.3) is 0 Å².